The fourth-order valence-corrected chi connectivity index (χ4v) is 1.69. The highest BCUT2D eigenvalue weighted by Gasteiger charge is 2.31. The molecule has 5 heteroatoms. The highest BCUT2D eigenvalue weighted by molar-refractivity contribution is 7.90. The Morgan fingerprint density at radius 2 is 2.00 bits per heavy atom. The predicted octanol–water partition coefficient (Wildman–Crippen LogP) is 0.807. The SMILES string of the molecule is C=CC(=C)C(CO)NS(=O)(=O)C(C)(C)C. The second kappa shape index (κ2) is 4.92. The Morgan fingerprint density at radius 1 is 1.53 bits per heavy atom. The third-order valence-electron chi connectivity index (χ3n) is 2.00. The molecule has 1 atom stereocenters. The Balaban J connectivity index is 4.86. The largest absolute Gasteiger partial charge is 0.394 e. The normalized spacial score (nSPS) is 14.7. The average molecular weight is 233 g/mol. The minimum Gasteiger partial charge on any atom is -0.394 e. The van der Waals surface area contributed by atoms with E-state index in [1.807, 2.05) is 0 Å². The van der Waals surface area contributed by atoms with Gasteiger partial charge in [0.1, 0.15) is 0 Å². The van der Waals surface area contributed by atoms with Gasteiger partial charge in [-0.1, -0.05) is 19.2 Å². The minimum absolute atomic E-state index is 0.333. The summed E-state index contributed by atoms with van der Waals surface area (Å²) in [5.74, 6) is 0. The van der Waals surface area contributed by atoms with Crippen LogP contribution in [0.4, 0.5) is 0 Å². The van der Waals surface area contributed by atoms with Crippen molar-refractivity contribution >= 4 is 10.0 Å². The molecule has 0 amide bonds. The number of hydrogen-bond donors (Lipinski definition) is 2. The van der Waals surface area contributed by atoms with Gasteiger partial charge in [-0.2, -0.15) is 0 Å². The third kappa shape index (κ3) is 3.77. The van der Waals surface area contributed by atoms with E-state index in [0.717, 1.165) is 0 Å². The molecule has 0 heterocycles. The molecule has 1 unspecified atom stereocenters. The molecular weight excluding hydrogens is 214 g/mol. The van der Waals surface area contributed by atoms with Crippen LogP contribution in [0, 0.1) is 0 Å². The number of nitrogens with one attached hydrogen (secondary N) is 1. The van der Waals surface area contributed by atoms with Crippen molar-refractivity contribution in [2.45, 2.75) is 31.6 Å². The highest BCUT2D eigenvalue weighted by atomic mass is 32.2. The van der Waals surface area contributed by atoms with Crippen LogP contribution in [0.5, 0.6) is 0 Å². The Morgan fingerprint density at radius 3 is 2.27 bits per heavy atom. The van der Waals surface area contributed by atoms with Crippen LogP contribution in [0.2, 0.25) is 0 Å². The molecule has 0 aromatic heterocycles. The summed E-state index contributed by atoms with van der Waals surface area (Å²) in [6.07, 6.45) is 1.42. The fraction of sp³-hybridized carbons (Fsp3) is 0.600. The summed E-state index contributed by atoms with van der Waals surface area (Å²) in [4.78, 5) is 0. The first-order valence-electron chi connectivity index (χ1n) is 4.59. The van der Waals surface area contributed by atoms with Crippen molar-refractivity contribution in [3.63, 3.8) is 0 Å². The summed E-state index contributed by atoms with van der Waals surface area (Å²) < 4.78 is 25.0. The van der Waals surface area contributed by atoms with Crippen LogP contribution in [-0.2, 0) is 10.0 Å². The van der Waals surface area contributed by atoms with Crippen LogP contribution in [-0.4, -0.2) is 30.9 Å². The third-order valence-corrected chi connectivity index (χ3v) is 4.20. The van der Waals surface area contributed by atoms with E-state index >= 15 is 0 Å². The minimum atomic E-state index is -3.48. The Bertz CT molecular complexity index is 338. The molecule has 15 heavy (non-hydrogen) atoms. The summed E-state index contributed by atoms with van der Waals surface area (Å²) in [6.45, 7) is 11.5. The molecule has 0 aromatic carbocycles. The molecule has 0 saturated heterocycles. The van der Waals surface area contributed by atoms with Crippen LogP contribution < -0.4 is 4.72 Å². The number of rotatable bonds is 5. The van der Waals surface area contributed by atoms with Gasteiger partial charge in [-0.25, -0.2) is 13.1 Å². The van der Waals surface area contributed by atoms with Crippen molar-refractivity contribution in [2.24, 2.45) is 0 Å². The molecule has 0 aromatic rings. The fourth-order valence-electron chi connectivity index (χ4n) is 0.737. The lowest BCUT2D eigenvalue weighted by atomic mass is 10.1. The smallest absolute Gasteiger partial charge is 0.217 e. The van der Waals surface area contributed by atoms with Gasteiger partial charge >= 0.3 is 0 Å². The summed E-state index contributed by atoms with van der Waals surface area (Å²) in [6, 6.07) is -0.702. The van der Waals surface area contributed by atoms with Crippen molar-refractivity contribution in [3.8, 4) is 0 Å². The monoisotopic (exact) mass is 233 g/mol. The predicted molar refractivity (Wildman–Crippen MR) is 62.0 cm³/mol. The van der Waals surface area contributed by atoms with E-state index in [2.05, 4.69) is 17.9 Å². The van der Waals surface area contributed by atoms with Gasteiger partial charge in [-0.3, -0.25) is 0 Å². The molecule has 0 fully saturated rings. The zero-order chi connectivity index (χ0) is 12.3. The molecule has 88 valence electrons. The molecule has 0 aliphatic rings. The second-order valence-electron chi connectivity index (χ2n) is 4.25. The number of sulfonamides is 1. The van der Waals surface area contributed by atoms with E-state index in [-0.39, 0.29) is 6.61 Å². The van der Waals surface area contributed by atoms with Gasteiger partial charge < -0.3 is 5.11 Å². The Labute approximate surface area is 91.7 Å². The topological polar surface area (TPSA) is 66.4 Å². The summed E-state index contributed by atoms with van der Waals surface area (Å²) in [5, 5.41) is 9.02. The van der Waals surface area contributed by atoms with Gasteiger partial charge in [0.15, 0.2) is 0 Å². The number of aliphatic hydroxyl groups excluding tert-OH is 1. The van der Waals surface area contributed by atoms with Crippen LogP contribution in [0.3, 0.4) is 0 Å². The number of aliphatic hydroxyl groups is 1. The first kappa shape index (κ1) is 14.3. The van der Waals surface area contributed by atoms with Crippen LogP contribution in [0.15, 0.2) is 24.8 Å². The van der Waals surface area contributed by atoms with Gasteiger partial charge in [-0.15, -0.1) is 0 Å². The molecule has 0 spiro atoms. The zero-order valence-electron chi connectivity index (χ0n) is 9.45. The van der Waals surface area contributed by atoms with Crippen molar-refractivity contribution in [1.82, 2.24) is 4.72 Å². The molecule has 0 bridgehead atoms. The van der Waals surface area contributed by atoms with Crippen molar-refractivity contribution in [3.05, 3.63) is 24.8 Å². The van der Waals surface area contributed by atoms with Crippen LogP contribution >= 0.6 is 0 Å². The van der Waals surface area contributed by atoms with E-state index in [0.29, 0.717) is 5.57 Å². The maximum Gasteiger partial charge on any atom is 0.217 e. The Kier molecular flexibility index (Phi) is 4.70. The second-order valence-corrected chi connectivity index (χ2v) is 6.72. The van der Waals surface area contributed by atoms with Gasteiger partial charge in [-0.05, 0) is 26.3 Å². The zero-order valence-corrected chi connectivity index (χ0v) is 10.3. The average Bonchev–Trinajstić information content (AvgIpc) is 2.11. The van der Waals surface area contributed by atoms with Gasteiger partial charge in [0.05, 0.1) is 17.4 Å². The molecule has 0 radical (unpaired) electrons. The lowest BCUT2D eigenvalue weighted by molar-refractivity contribution is 0.272. The van der Waals surface area contributed by atoms with Crippen molar-refractivity contribution in [2.75, 3.05) is 6.61 Å². The van der Waals surface area contributed by atoms with Gasteiger partial charge in [0.2, 0.25) is 10.0 Å². The van der Waals surface area contributed by atoms with Crippen LogP contribution in [0.1, 0.15) is 20.8 Å². The molecule has 2 N–H and O–H groups in total. The maximum absolute atomic E-state index is 11.7. The maximum atomic E-state index is 11.7. The van der Waals surface area contributed by atoms with Gasteiger partial charge in [0.25, 0.3) is 0 Å². The lowest BCUT2D eigenvalue weighted by Gasteiger charge is -2.24. The first-order chi connectivity index (χ1) is 6.65. The molecule has 0 aliphatic heterocycles. The number of hydrogen-bond acceptors (Lipinski definition) is 3. The highest BCUT2D eigenvalue weighted by Crippen LogP contribution is 2.15. The van der Waals surface area contributed by atoms with Crippen molar-refractivity contribution < 1.29 is 13.5 Å². The quantitative estimate of drug-likeness (QED) is 0.690. The Hall–Kier alpha value is -0.650. The van der Waals surface area contributed by atoms with E-state index < -0.39 is 20.8 Å². The lowest BCUT2D eigenvalue weighted by Crippen LogP contribution is -2.46. The molecule has 0 saturated carbocycles. The van der Waals surface area contributed by atoms with Crippen molar-refractivity contribution in [1.29, 1.82) is 0 Å². The van der Waals surface area contributed by atoms with E-state index in [1.54, 1.807) is 20.8 Å². The summed E-state index contributed by atoms with van der Waals surface area (Å²) in [7, 11) is -3.48. The van der Waals surface area contributed by atoms with Gasteiger partial charge in [0, 0.05) is 0 Å². The summed E-state index contributed by atoms with van der Waals surface area (Å²) in [5.41, 5.74) is 0.449. The van der Waals surface area contributed by atoms with Crippen LogP contribution in [0.25, 0.3) is 0 Å². The molecule has 0 rings (SSSR count). The molecule has 0 aliphatic carbocycles. The van der Waals surface area contributed by atoms with E-state index in [1.165, 1.54) is 6.08 Å². The first-order valence-corrected chi connectivity index (χ1v) is 6.08. The van der Waals surface area contributed by atoms with E-state index in [9.17, 15) is 8.42 Å². The molecule has 4 nitrogen and oxygen atoms in total. The molecular formula is C10H19NO3S. The standard InChI is InChI=1S/C10H19NO3S/c1-6-8(2)9(7-12)11-15(13,14)10(3,4)5/h6,9,11-12H,1-2,7H2,3-5H3. The van der Waals surface area contributed by atoms with E-state index in [4.69, 9.17) is 5.11 Å². The summed E-state index contributed by atoms with van der Waals surface area (Å²) >= 11 is 0.